The molecule has 0 bridgehead atoms. The molecule has 14 heavy (non-hydrogen) atoms. The van der Waals surface area contributed by atoms with E-state index in [1.165, 1.54) is 14.1 Å². The van der Waals surface area contributed by atoms with Crippen LogP contribution in [0, 0.1) is 0 Å². The molecule has 0 aliphatic rings. The monoisotopic (exact) mass is 224 g/mol. The smallest absolute Gasteiger partial charge is 0.304 e. The number of rotatable bonds is 6. The average molecular weight is 224 g/mol. The second-order valence-electron chi connectivity index (χ2n) is 2.89. The normalized spacial score (nSPS) is 12.4. The fourth-order valence-electron chi connectivity index (χ4n) is 0.770. The molecule has 7 heteroatoms. The standard InChI is InChI=1S/C7H16N2O4S/c1-4-8(2)14(12,13)9(3)6-5-7(10)11/h4-6H2,1-3H3,(H,10,11). The van der Waals surface area contributed by atoms with Crippen LogP contribution in [0.2, 0.25) is 0 Å². The van der Waals surface area contributed by atoms with Crippen molar-refractivity contribution >= 4 is 16.2 Å². The molecule has 0 aliphatic heterocycles. The molecule has 0 saturated heterocycles. The summed E-state index contributed by atoms with van der Waals surface area (Å²) in [6.07, 6.45) is -0.187. The second-order valence-corrected chi connectivity index (χ2v) is 5.03. The van der Waals surface area contributed by atoms with Gasteiger partial charge in [-0.05, 0) is 0 Å². The number of carboxylic acid groups (broad SMARTS) is 1. The van der Waals surface area contributed by atoms with Gasteiger partial charge in [-0.25, -0.2) is 0 Å². The molecule has 0 aromatic rings. The zero-order valence-electron chi connectivity index (χ0n) is 8.60. The Balaban J connectivity index is 4.36. The molecule has 0 aromatic heterocycles. The Kier molecular flexibility index (Phi) is 5.03. The van der Waals surface area contributed by atoms with Crippen molar-refractivity contribution in [3.05, 3.63) is 0 Å². The summed E-state index contributed by atoms with van der Waals surface area (Å²) in [6, 6.07) is 0. The van der Waals surface area contributed by atoms with E-state index in [9.17, 15) is 13.2 Å². The summed E-state index contributed by atoms with van der Waals surface area (Å²) in [4.78, 5) is 10.2. The highest BCUT2D eigenvalue weighted by Gasteiger charge is 2.22. The third kappa shape index (κ3) is 3.60. The van der Waals surface area contributed by atoms with Crippen LogP contribution in [-0.4, -0.2) is 55.3 Å². The molecule has 0 aromatic carbocycles. The Morgan fingerprint density at radius 3 is 2.14 bits per heavy atom. The molecule has 0 amide bonds. The van der Waals surface area contributed by atoms with Crippen LogP contribution in [-0.2, 0) is 15.0 Å². The second kappa shape index (κ2) is 5.28. The van der Waals surface area contributed by atoms with E-state index >= 15 is 0 Å². The Bertz CT molecular complexity index is 288. The minimum absolute atomic E-state index is 0.0119. The zero-order chi connectivity index (χ0) is 11.4. The molecule has 6 nitrogen and oxygen atoms in total. The van der Waals surface area contributed by atoms with Crippen LogP contribution in [0.4, 0.5) is 0 Å². The van der Waals surface area contributed by atoms with Gasteiger partial charge in [0.15, 0.2) is 0 Å². The number of hydrogen-bond donors (Lipinski definition) is 1. The minimum Gasteiger partial charge on any atom is -0.481 e. The highest BCUT2D eigenvalue weighted by molar-refractivity contribution is 7.86. The molecule has 0 aliphatic carbocycles. The van der Waals surface area contributed by atoms with Crippen molar-refractivity contribution in [3.8, 4) is 0 Å². The van der Waals surface area contributed by atoms with Crippen LogP contribution in [0.3, 0.4) is 0 Å². The number of aliphatic carboxylic acids is 1. The maximum atomic E-state index is 11.5. The van der Waals surface area contributed by atoms with Gasteiger partial charge in [-0.3, -0.25) is 4.79 Å². The van der Waals surface area contributed by atoms with Gasteiger partial charge in [-0.2, -0.15) is 17.0 Å². The van der Waals surface area contributed by atoms with E-state index in [2.05, 4.69) is 0 Å². The van der Waals surface area contributed by atoms with Crippen LogP contribution >= 0.6 is 0 Å². The third-order valence-corrected chi connectivity index (χ3v) is 3.89. The van der Waals surface area contributed by atoms with E-state index in [0.717, 1.165) is 8.61 Å². The lowest BCUT2D eigenvalue weighted by molar-refractivity contribution is -0.137. The lowest BCUT2D eigenvalue weighted by atomic mass is 10.4. The van der Waals surface area contributed by atoms with E-state index in [-0.39, 0.29) is 13.0 Å². The number of hydrogen-bond acceptors (Lipinski definition) is 3. The first-order valence-corrected chi connectivity index (χ1v) is 5.61. The maximum absolute atomic E-state index is 11.5. The van der Waals surface area contributed by atoms with E-state index in [4.69, 9.17) is 5.11 Å². The van der Waals surface area contributed by atoms with Crippen molar-refractivity contribution < 1.29 is 18.3 Å². The van der Waals surface area contributed by atoms with Gasteiger partial charge >= 0.3 is 5.97 Å². The molecule has 84 valence electrons. The summed E-state index contributed by atoms with van der Waals surface area (Å²) in [5, 5.41) is 8.39. The molecular weight excluding hydrogens is 208 g/mol. The SMILES string of the molecule is CCN(C)S(=O)(=O)N(C)CCC(=O)O. The first-order valence-electron chi connectivity index (χ1n) is 4.21. The molecule has 0 radical (unpaired) electrons. The molecule has 1 N–H and O–H groups in total. The maximum Gasteiger partial charge on any atom is 0.304 e. The van der Waals surface area contributed by atoms with Gasteiger partial charge in [0, 0.05) is 27.2 Å². The van der Waals surface area contributed by atoms with Gasteiger partial charge in [0.2, 0.25) is 0 Å². The Morgan fingerprint density at radius 1 is 1.29 bits per heavy atom. The summed E-state index contributed by atoms with van der Waals surface area (Å²) in [5.74, 6) is -1.01. The molecule has 0 spiro atoms. The predicted octanol–water partition coefficient (Wildman–Crippen LogP) is -0.411. The predicted molar refractivity (Wildman–Crippen MR) is 52.1 cm³/mol. The lowest BCUT2D eigenvalue weighted by Gasteiger charge is -2.22. The van der Waals surface area contributed by atoms with Gasteiger partial charge in [0.1, 0.15) is 0 Å². The molecule has 0 fully saturated rings. The summed E-state index contributed by atoms with van der Waals surface area (Å²) in [6.45, 7) is 2.06. The van der Waals surface area contributed by atoms with Crippen molar-refractivity contribution in [3.63, 3.8) is 0 Å². The van der Waals surface area contributed by atoms with Crippen LogP contribution in [0.1, 0.15) is 13.3 Å². The molecular formula is C7H16N2O4S. The van der Waals surface area contributed by atoms with E-state index < -0.39 is 16.2 Å². The van der Waals surface area contributed by atoms with Crippen molar-refractivity contribution in [2.45, 2.75) is 13.3 Å². The summed E-state index contributed by atoms with van der Waals surface area (Å²) < 4.78 is 25.3. The van der Waals surface area contributed by atoms with Crippen molar-refractivity contribution in [2.75, 3.05) is 27.2 Å². The summed E-state index contributed by atoms with van der Waals surface area (Å²) in [7, 11) is -0.665. The Labute approximate surface area is 84.3 Å². The number of carboxylic acids is 1. The minimum atomic E-state index is -3.48. The first-order chi connectivity index (χ1) is 6.32. The molecule has 0 heterocycles. The topological polar surface area (TPSA) is 77.9 Å². The third-order valence-electron chi connectivity index (χ3n) is 1.87. The average Bonchev–Trinajstić information content (AvgIpc) is 2.12. The van der Waals surface area contributed by atoms with Gasteiger partial charge in [-0.15, -0.1) is 0 Å². The van der Waals surface area contributed by atoms with Crippen LogP contribution in [0.5, 0.6) is 0 Å². The number of carbonyl (C=O) groups is 1. The quantitative estimate of drug-likeness (QED) is 0.665. The lowest BCUT2D eigenvalue weighted by Crippen LogP contribution is -2.40. The largest absolute Gasteiger partial charge is 0.481 e. The first kappa shape index (κ1) is 13.3. The summed E-state index contributed by atoms with van der Waals surface area (Å²) in [5.41, 5.74) is 0. The van der Waals surface area contributed by atoms with Crippen LogP contribution in [0.25, 0.3) is 0 Å². The van der Waals surface area contributed by atoms with Gasteiger partial charge in [-0.1, -0.05) is 6.92 Å². The van der Waals surface area contributed by atoms with Crippen molar-refractivity contribution in [1.82, 2.24) is 8.61 Å². The highest BCUT2D eigenvalue weighted by atomic mass is 32.2. The fraction of sp³-hybridized carbons (Fsp3) is 0.857. The Morgan fingerprint density at radius 2 is 1.79 bits per heavy atom. The fourth-order valence-corrected chi connectivity index (χ4v) is 1.89. The Hall–Kier alpha value is -0.660. The highest BCUT2D eigenvalue weighted by Crippen LogP contribution is 2.03. The van der Waals surface area contributed by atoms with Gasteiger partial charge < -0.3 is 5.11 Å². The van der Waals surface area contributed by atoms with E-state index in [1.807, 2.05) is 0 Å². The van der Waals surface area contributed by atoms with Crippen molar-refractivity contribution in [1.29, 1.82) is 0 Å². The molecule has 0 rings (SSSR count). The van der Waals surface area contributed by atoms with Gasteiger partial charge in [0.05, 0.1) is 6.42 Å². The molecule has 0 unspecified atom stereocenters. The zero-order valence-corrected chi connectivity index (χ0v) is 9.41. The van der Waals surface area contributed by atoms with Crippen molar-refractivity contribution in [2.24, 2.45) is 0 Å². The van der Waals surface area contributed by atoms with Gasteiger partial charge in [0.25, 0.3) is 10.2 Å². The number of nitrogens with zero attached hydrogens (tertiary/aromatic N) is 2. The van der Waals surface area contributed by atoms with Crippen LogP contribution in [0.15, 0.2) is 0 Å². The van der Waals surface area contributed by atoms with Crippen LogP contribution < -0.4 is 0 Å². The molecule has 0 atom stereocenters. The molecule has 0 saturated carbocycles. The summed E-state index contributed by atoms with van der Waals surface area (Å²) >= 11 is 0. The van der Waals surface area contributed by atoms with E-state index in [1.54, 1.807) is 6.92 Å². The van der Waals surface area contributed by atoms with E-state index in [0.29, 0.717) is 6.54 Å².